The Balaban J connectivity index is 3.90. The zero-order chi connectivity index (χ0) is 8.85. The Morgan fingerprint density at radius 2 is 2.36 bits per heavy atom. The second-order valence-corrected chi connectivity index (χ2v) is 2.38. The van der Waals surface area contributed by atoms with E-state index in [2.05, 4.69) is 6.58 Å². The van der Waals surface area contributed by atoms with Crippen LogP contribution in [0.2, 0.25) is 0 Å². The molecule has 0 saturated carbocycles. The Morgan fingerprint density at radius 1 is 1.82 bits per heavy atom. The van der Waals surface area contributed by atoms with Crippen LogP contribution in [-0.2, 0) is 4.79 Å². The van der Waals surface area contributed by atoms with Gasteiger partial charge in [0.2, 0.25) is 0 Å². The third-order valence-corrected chi connectivity index (χ3v) is 1.41. The second-order valence-electron chi connectivity index (χ2n) is 2.38. The van der Waals surface area contributed by atoms with Crippen molar-refractivity contribution in [1.29, 1.82) is 0 Å². The summed E-state index contributed by atoms with van der Waals surface area (Å²) >= 11 is 0. The molecule has 0 spiro atoms. The number of nitrogens with zero attached hydrogens (tertiary/aromatic N) is 1. The zero-order valence-corrected chi connectivity index (χ0v) is 7.01. The summed E-state index contributed by atoms with van der Waals surface area (Å²) in [6.45, 7) is 5.50. The van der Waals surface area contributed by atoms with Gasteiger partial charge in [-0.1, -0.05) is 13.0 Å². The van der Waals surface area contributed by atoms with Crippen LogP contribution in [0.5, 0.6) is 0 Å². The molecule has 0 aromatic heterocycles. The molecule has 0 aromatic carbocycles. The lowest BCUT2D eigenvalue weighted by Crippen LogP contribution is -2.33. The van der Waals surface area contributed by atoms with Crippen molar-refractivity contribution >= 4 is 5.91 Å². The van der Waals surface area contributed by atoms with Gasteiger partial charge in [-0.3, -0.25) is 4.79 Å². The van der Waals surface area contributed by atoms with Gasteiger partial charge in [-0.2, -0.15) is 0 Å². The number of carbonyl (C=O) groups excluding carboxylic acids is 1. The zero-order valence-electron chi connectivity index (χ0n) is 7.01. The minimum absolute atomic E-state index is 0.236. The fraction of sp³-hybridized carbons (Fsp3) is 0.625. The Bertz CT molecular complexity index is 147. The molecular weight excluding hydrogens is 145 g/mol. The molecule has 1 unspecified atom stereocenters. The van der Waals surface area contributed by atoms with E-state index in [1.807, 2.05) is 0 Å². The summed E-state index contributed by atoms with van der Waals surface area (Å²) in [5, 5.41) is 0. The molecule has 0 aliphatic heterocycles. The molecule has 0 rings (SSSR count). The highest BCUT2D eigenvalue weighted by Gasteiger charge is 2.17. The summed E-state index contributed by atoms with van der Waals surface area (Å²) in [6, 6.07) is 0. The quantitative estimate of drug-likeness (QED) is 0.567. The summed E-state index contributed by atoms with van der Waals surface area (Å²) in [4.78, 5) is 12.3. The van der Waals surface area contributed by atoms with E-state index in [-0.39, 0.29) is 6.42 Å². The molecule has 0 bridgehead atoms. The number of likely N-dealkylation sites (N-methyl/N-ethyl adjacent to an activating group) is 1. The lowest BCUT2D eigenvalue weighted by Gasteiger charge is -2.16. The minimum atomic E-state index is -1.36. The molecule has 11 heavy (non-hydrogen) atoms. The summed E-state index contributed by atoms with van der Waals surface area (Å²) < 4.78 is 12.7. The molecule has 0 radical (unpaired) electrons. The standard InChI is InChI=1S/C8H14FNO/c1-4-6-10(3)8(11)7(9)5-2/h4,7H,1,5-6H2,2-3H3. The number of alkyl halides is 1. The van der Waals surface area contributed by atoms with E-state index in [4.69, 9.17) is 0 Å². The molecule has 1 atom stereocenters. The predicted octanol–water partition coefficient (Wildman–Crippen LogP) is 1.38. The van der Waals surface area contributed by atoms with E-state index in [9.17, 15) is 9.18 Å². The van der Waals surface area contributed by atoms with Gasteiger partial charge >= 0.3 is 0 Å². The molecule has 3 heteroatoms. The summed E-state index contributed by atoms with van der Waals surface area (Å²) in [6.07, 6.45) is 0.445. The Hall–Kier alpha value is -0.860. The van der Waals surface area contributed by atoms with Crippen LogP contribution in [0.25, 0.3) is 0 Å². The van der Waals surface area contributed by atoms with Crippen molar-refractivity contribution in [2.24, 2.45) is 0 Å². The molecule has 64 valence electrons. The first kappa shape index (κ1) is 10.1. The van der Waals surface area contributed by atoms with Crippen LogP contribution >= 0.6 is 0 Å². The summed E-state index contributed by atoms with van der Waals surface area (Å²) in [5.41, 5.74) is 0. The first-order valence-electron chi connectivity index (χ1n) is 3.63. The van der Waals surface area contributed by atoms with Crippen molar-refractivity contribution in [3.05, 3.63) is 12.7 Å². The maximum absolute atomic E-state index is 12.7. The predicted molar refractivity (Wildman–Crippen MR) is 43.0 cm³/mol. The first-order valence-corrected chi connectivity index (χ1v) is 3.63. The largest absolute Gasteiger partial charge is 0.340 e. The highest BCUT2D eigenvalue weighted by molar-refractivity contribution is 5.80. The van der Waals surface area contributed by atoms with Gasteiger partial charge in [0.15, 0.2) is 6.17 Å². The van der Waals surface area contributed by atoms with Gasteiger partial charge in [0, 0.05) is 13.6 Å². The lowest BCUT2D eigenvalue weighted by molar-refractivity contribution is -0.134. The van der Waals surface area contributed by atoms with Crippen LogP contribution in [0.4, 0.5) is 4.39 Å². The average Bonchev–Trinajstić information content (AvgIpc) is 2.02. The first-order chi connectivity index (χ1) is 5.13. The van der Waals surface area contributed by atoms with Crippen LogP contribution < -0.4 is 0 Å². The summed E-state index contributed by atoms with van der Waals surface area (Å²) in [5.74, 6) is -0.465. The number of hydrogen-bond acceptors (Lipinski definition) is 1. The van der Waals surface area contributed by atoms with E-state index in [1.165, 1.54) is 4.90 Å². The van der Waals surface area contributed by atoms with Gasteiger partial charge in [0.1, 0.15) is 0 Å². The third kappa shape index (κ3) is 3.16. The highest BCUT2D eigenvalue weighted by atomic mass is 19.1. The maximum atomic E-state index is 12.7. The Morgan fingerprint density at radius 3 is 2.73 bits per heavy atom. The van der Waals surface area contributed by atoms with Crippen LogP contribution in [0, 0.1) is 0 Å². The van der Waals surface area contributed by atoms with E-state index in [0.29, 0.717) is 6.54 Å². The summed E-state index contributed by atoms with van der Waals surface area (Å²) in [7, 11) is 1.56. The smallest absolute Gasteiger partial charge is 0.257 e. The molecule has 0 aliphatic rings. The van der Waals surface area contributed by atoms with Crippen molar-refractivity contribution < 1.29 is 9.18 Å². The van der Waals surface area contributed by atoms with Gasteiger partial charge in [-0.25, -0.2) is 4.39 Å². The minimum Gasteiger partial charge on any atom is -0.340 e. The van der Waals surface area contributed by atoms with Gasteiger partial charge in [-0.15, -0.1) is 6.58 Å². The van der Waals surface area contributed by atoms with E-state index in [1.54, 1.807) is 20.0 Å². The monoisotopic (exact) mass is 159 g/mol. The molecule has 1 amide bonds. The second kappa shape index (κ2) is 4.88. The molecule has 0 N–H and O–H groups in total. The fourth-order valence-electron chi connectivity index (χ4n) is 0.697. The van der Waals surface area contributed by atoms with Crippen LogP contribution in [0.3, 0.4) is 0 Å². The number of rotatable bonds is 4. The Labute approximate surface area is 66.7 Å². The van der Waals surface area contributed by atoms with Gasteiger partial charge < -0.3 is 4.90 Å². The Kier molecular flexibility index (Phi) is 4.50. The molecular formula is C8H14FNO. The normalized spacial score (nSPS) is 12.3. The molecule has 0 aliphatic carbocycles. The fourth-order valence-corrected chi connectivity index (χ4v) is 0.697. The van der Waals surface area contributed by atoms with E-state index >= 15 is 0 Å². The number of hydrogen-bond donors (Lipinski definition) is 0. The van der Waals surface area contributed by atoms with Crippen molar-refractivity contribution in [2.75, 3.05) is 13.6 Å². The van der Waals surface area contributed by atoms with Crippen LogP contribution in [-0.4, -0.2) is 30.6 Å². The van der Waals surface area contributed by atoms with Crippen molar-refractivity contribution in [3.8, 4) is 0 Å². The number of amides is 1. The topological polar surface area (TPSA) is 20.3 Å². The number of halogens is 1. The van der Waals surface area contributed by atoms with Gasteiger partial charge in [0.25, 0.3) is 5.91 Å². The van der Waals surface area contributed by atoms with Crippen molar-refractivity contribution in [1.82, 2.24) is 4.90 Å². The van der Waals surface area contributed by atoms with Crippen LogP contribution in [0.15, 0.2) is 12.7 Å². The van der Waals surface area contributed by atoms with E-state index in [0.717, 1.165) is 0 Å². The molecule has 0 aromatic rings. The van der Waals surface area contributed by atoms with E-state index < -0.39 is 12.1 Å². The number of carbonyl (C=O) groups is 1. The molecule has 0 fully saturated rings. The van der Waals surface area contributed by atoms with Crippen molar-refractivity contribution in [2.45, 2.75) is 19.5 Å². The SMILES string of the molecule is C=CCN(C)C(=O)C(F)CC. The average molecular weight is 159 g/mol. The molecule has 2 nitrogen and oxygen atoms in total. The van der Waals surface area contributed by atoms with Crippen molar-refractivity contribution in [3.63, 3.8) is 0 Å². The lowest BCUT2D eigenvalue weighted by atomic mass is 10.3. The third-order valence-electron chi connectivity index (χ3n) is 1.41. The molecule has 0 saturated heterocycles. The van der Waals surface area contributed by atoms with Crippen LogP contribution in [0.1, 0.15) is 13.3 Å². The maximum Gasteiger partial charge on any atom is 0.257 e. The highest BCUT2D eigenvalue weighted by Crippen LogP contribution is 2.01. The van der Waals surface area contributed by atoms with Gasteiger partial charge in [0.05, 0.1) is 0 Å². The molecule has 0 heterocycles. The van der Waals surface area contributed by atoms with Gasteiger partial charge in [-0.05, 0) is 6.42 Å².